The zero-order chi connectivity index (χ0) is 27.0. The van der Waals surface area contributed by atoms with Gasteiger partial charge in [-0.1, -0.05) is 61.4 Å². The standard InChI is InChI=1S/C28H42O8/c1-5-9-17-33-25(29)21-23(27(31)35-19-11-7-3)15-13-14-16-24(28(32)36-20-12-8-4)22-26(30)34-18-10-6-2/h5-12,23-24H,13-22H2,1-4H3/b9-5+,10-6+,11-7+,12-8+. The van der Waals surface area contributed by atoms with Crippen LogP contribution in [-0.4, -0.2) is 50.3 Å². The van der Waals surface area contributed by atoms with E-state index in [0.29, 0.717) is 25.7 Å². The number of unbranched alkanes of at least 4 members (excludes halogenated alkanes) is 1. The number of allylic oxidation sites excluding steroid dienone is 4. The fourth-order valence-corrected chi connectivity index (χ4v) is 3.07. The van der Waals surface area contributed by atoms with Gasteiger partial charge in [-0.3, -0.25) is 19.2 Å². The molecule has 0 saturated carbocycles. The second-order valence-electron chi connectivity index (χ2n) is 7.99. The van der Waals surface area contributed by atoms with Gasteiger partial charge < -0.3 is 18.9 Å². The summed E-state index contributed by atoms with van der Waals surface area (Å²) in [6.07, 6.45) is 15.6. The van der Waals surface area contributed by atoms with Crippen LogP contribution in [0.1, 0.15) is 66.2 Å². The molecular weight excluding hydrogens is 464 g/mol. The first-order valence-corrected chi connectivity index (χ1v) is 12.5. The van der Waals surface area contributed by atoms with E-state index in [2.05, 4.69) is 0 Å². The lowest BCUT2D eigenvalue weighted by Crippen LogP contribution is -2.24. The van der Waals surface area contributed by atoms with Crippen LogP contribution in [0.25, 0.3) is 0 Å². The Bertz CT molecular complexity index is 700. The predicted molar refractivity (Wildman–Crippen MR) is 138 cm³/mol. The third-order valence-electron chi connectivity index (χ3n) is 5.12. The van der Waals surface area contributed by atoms with E-state index in [1.165, 1.54) is 0 Å². The average Bonchev–Trinajstić information content (AvgIpc) is 2.85. The monoisotopic (exact) mass is 506 g/mol. The van der Waals surface area contributed by atoms with Crippen molar-refractivity contribution in [3.63, 3.8) is 0 Å². The summed E-state index contributed by atoms with van der Waals surface area (Å²) in [5.41, 5.74) is 0. The van der Waals surface area contributed by atoms with Crippen molar-refractivity contribution in [1.29, 1.82) is 0 Å². The Morgan fingerprint density at radius 2 is 0.833 bits per heavy atom. The first-order chi connectivity index (χ1) is 17.4. The summed E-state index contributed by atoms with van der Waals surface area (Å²) in [7, 11) is 0. The molecule has 0 amide bonds. The van der Waals surface area contributed by atoms with Crippen LogP contribution in [0, 0.1) is 11.8 Å². The molecular formula is C28H42O8. The van der Waals surface area contributed by atoms with E-state index in [1.807, 2.05) is 27.7 Å². The summed E-state index contributed by atoms with van der Waals surface area (Å²) in [6.45, 7) is 7.85. The van der Waals surface area contributed by atoms with Crippen molar-refractivity contribution in [3.8, 4) is 0 Å². The van der Waals surface area contributed by atoms with Gasteiger partial charge in [-0.15, -0.1) is 0 Å². The van der Waals surface area contributed by atoms with Crippen LogP contribution < -0.4 is 0 Å². The van der Waals surface area contributed by atoms with Gasteiger partial charge in [-0.05, 0) is 40.5 Å². The summed E-state index contributed by atoms with van der Waals surface area (Å²) in [5.74, 6) is -3.19. The lowest BCUT2D eigenvalue weighted by Gasteiger charge is -2.17. The highest BCUT2D eigenvalue weighted by Crippen LogP contribution is 2.21. The fraction of sp³-hybridized carbons (Fsp3) is 0.571. The Hall–Kier alpha value is -3.16. The number of carbonyl (C=O) groups excluding carboxylic acids is 4. The van der Waals surface area contributed by atoms with E-state index in [-0.39, 0.29) is 39.3 Å². The van der Waals surface area contributed by atoms with Gasteiger partial charge in [-0.25, -0.2) is 0 Å². The highest BCUT2D eigenvalue weighted by molar-refractivity contribution is 5.80. The fourth-order valence-electron chi connectivity index (χ4n) is 3.07. The van der Waals surface area contributed by atoms with Crippen LogP contribution in [-0.2, 0) is 38.1 Å². The highest BCUT2D eigenvalue weighted by atomic mass is 16.5. The summed E-state index contributed by atoms with van der Waals surface area (Å²) < 4.78 is 20.7. The van der Waals surface area contributed by atoms with Gasteiger partial charge in [0.15, 0.2) is 0 Å². The minimum Gasteiger partial charge on any atom is -0.461 e. The topological polar surface area (TPSA) is 105 Å². The summed E-state index contributed by atoms with van der Waals surface area (Å²) in [6, 6.07) is 0. The molecule has 0 aromatic heterocycles. The Morgan fingerprint density at radius 1 is 0.528 bits per heavy atom. The second kappa shape index (κ2) is 22.3. The molecule has 2 atom stereocenters. The maximum atomic E-state index is 12.5. The SMILES string of the molecule is C/C=C/COC(=O)CC(CCCCC(CC(=O)OC/C=C/C)C(=O)OC/C=C/C)C(=O)OC/C=C/C. The molecule has 0 N–H and O–H groups in total. The van der Waals surface area contributed by atoms with E-state index in [9.17, 15) is 19.2 Å². The van der Waals surface area contributed by atoms with E-state index in [4.69, 9.17) is 18.9 Å². The zero-order valence-electron chi connectivity index (χ0n) is 22.1. The summed E-state index contributed by atoms with van der Waals surface area (Å²) in [5, 5.41) is 0. The average molecular weight is 507 g/mol. The Labute approximate surface area is 215 Å². The number of carbonyl (C=O) groups is 4. The first kappa shape index (κ1) is 32.8. The molecule has 0 radical (unpaired) electrons. The van der Waals surface area contributed by atoms with Crippen LogP contribution in [0.5, 0.6) is 0 Å². The third-order valence-corrected chi connectivity index (χ3v) is 5.12. The molecule has 0 bridgehead atoms. The molecule has 8 nitrogen and oxygen atoms in total. The van der Waals surface area contributed by atoms with Crippen LogP contribution in [0.4, 0.5) is 0 Å². The molecule has 0 aliphatic rings. The van der Waals surface area contributed by atoms with Crippen molar-refractivity contribution in [2.75, 3.05) is 26.4 Å². The molecule has 0 fully saturated rings. The van der Waals surface area contributed by atoms with E-state index >= 15 is 0 Å². The van der Waals surface area contributed by atoms with Gasteiger partial charge in [0, 0.05) is 0 Å². The highest BCUT2D eigenvalue weighted by Gasteiger charge is 2.26. The number of ether oxygens (including phenoxy) is 4. The van der Waals surface area contributed by atoms with Crippen LogP contribution in [0.15, 0.2) is 48.6 Å². The summed E-state index contributed by atoms with van der Waals surface area (Å²) in [4.78, 5) is 49.3. The quantitative estimate of drug-likeness (QED) is 0.104. The number of hydrogen-bond donors (Lipinski definition) is 0. The molecule has 0 saturated heterocycles. The maximum absolute atomic E-state index is 12.5. The molecule has 0 aliphatic heterocycles. The first-order valence-electron chi connectivity index (χ1n) is 12.5. The van der Waals surface area contributed by atoms with Gasteiger partial charge in [-0.2, -0.15) is 0 Å². The van der Waals surface area contributed by atoms with E-state index in [1.54, 1.807) is 48.6 Å². The van der Waals surface area contributed by atoms with Crippen LogP contribution in [0.3, 0.4) is 0 Å². The molecule has 2 unspecified atom stereocenters. The normalized spacial score (nSPS) is 13.3. The van der Waals surface area contributed by atoms with Crippen molar-refractivity contribution in [3.05, 3.63) is 48.6 Å². The number of rotatable bonds is 19. The smallest absolute Gasteiger partial charge is 0.309 e. The molecule has 36 heavy (non-hydrogen) atoms. The van der Waals surface area contributed by atoms with Crippen LogP contribution in [0.2, 0.25) is 0 Å². The van der Waals surface area contributed by atoms with Crippen molar-refractivity contribution in [2.24, 2.45) is 11.8 Å². The minimum atomic E-state index is -0.653. The number of esters is 4. The lowest BCUT2D eigenvalue weighted by atomic mass is 9.93. The van der Waals surface area contributed by atoms with Gasteiger partial charge in [0.1, 0.15) is 26.4 Å². The molecule has 0 spiro atoms. The van der Waals surface area contributed by atoms with Crippen molar-refractivity contribution in [2.45, 2.75) is 66.2 Å². The molecule has 0 aromatic rings. The lowest BCUT2D eigenvalue weighted by molar-refractivity contribution is -0.154. The number of hydrogen-bond acceptors (Lipinski definition) is 8. The molecule has 202 valence electrons. The zero-order valence-corrected chi connectivity index (χ0v) is 22.1. The molecule has 0 aliphatic carbocycles. The van der Waals surface area contributed by atoms with Gasteiger partial charge >= 0.3 is 23.9 Å². The minimum absolute atomic E-state index is 0.0850. The van der Waals surface area contributed by atoms with Crippen molar-refractivity contribution >= 4 is 23.9 Å². The Morgan fingerprint density at radius 3 is 1.14 bits per heavy atom. The van der Waals surface area contributed by atoms with Gasteiger partial charge in [0.05, 0.1) is 24.7 Å². The van der Waals surface area contributed by atoms with Gasteiger partial charge in [0.2, 0.25) is 0 Å². The Balaban J connectivity index is 5.00. The van der Waals surface area contributed by atoms with E-state index < -0.39 is 35.7 Å². The molecule has 0 heterocycles. The molecule has 0 aromatic carbocycles. The van der Waals surface area contributed by atoms with Crippen LogP contribution >= 0.6 is 0 Å². The Kier molecular flexibility index (Phi) is 20.4. The second-order valence-corrected chi connectivity index (χ2v) is 7.99. The third kappa shape index (κ3) is 17.3. The van der Waals surface area contributed by atoms with Crippen molar-refractivity contribution < 1.29 is 38.1 Å². The largest absolute Gasteiger partial charge is 0.461 e. The molecule has 0 rings (SSSR count). The predicted octanol–water partition coefficient (Wildman–Crippen LogP) is 5.04. The molecule has 8 heteroatoms. The van der Waals surface area contributed by atoms with E-state index in [0.717, 1.165) is 0 Å². The van der Waals surface area contributed by atoms with Gasteiger partial charge in [0.25, 0.3) is 0 Å². The summed E-state index contributed by atoms with van der Waals surface area (Å²) >= 11 is 0. The van der Waals surface area contributed by atoms with Crippen molar-refractivity contribution in [1.82, 2.24) is 0 Å². The maximum Gasteiger partial charge on any atom is 0.309 e.